The summed E-state index contributed by atoms with van der Waals surface area (Å²) in [6.07, 6.45) is 0.464. The Morgan fingerprint density at radius 2 is 1.71 bits per heavy atom. The van der Waals surface area contributed by atoms with E-state index in [-0.39, 0.29) is 12.2 Å². The molecule has 24 heavy (non-hydrogen) atoms. The average molecular weight is 345 g/mol. The largest absolute Gasteiger partial charge is 0.372 e. The molecule has 3 rings (SSSR count). The first-order chi connectivity index (χ1) is 11.5. The second-order valence-corrected chi connectivity index (χ2v) is 8.25. The van der Waals surface area contributed by atoms with Crippen molar-refractivity contribution in [2.75, 3.05) is 13.1 Å². The summed E-state index contributed by atoms with van der Waals surface area (Å²) in [5.41, 5.74) is 1.93. The van der Waals surface area contributed by atoms with E-state index in [1.165, 1.54) is 0 Å². The SMILES string of the molecule is Cc1ccccc1S(=O)(=O)N1CC(C)OC(Cc2ccccc2)C1. The van der Waals surface area contributed by atoms with Crippen LogP contribution in [0.25, 0.3) is 0 Å². The zero-order chi connectivity index (χ0) is 17.2. The van der Waals surface area contributed by atoms with Crippen LogP contribution in [0.15, 0.2) is 59.5 Å². The zero-order valence-electron chi connectivity index (χ0n) is 14.1. The molecule has 0 bridgehead atoms. The third-order valence-corrected chi connectivity index (χ3v) is 6.30. The van der Waals surface area contributed by atoms with Crippen molar-refractivity contribution in [2.24, 2.45) is 0 Å². The molecule has 0 amide bonds. The first-order valence-electron chi connectivity index (χ1n) is 8.22. The van der Waals surface area contributed by atoms with Gasteiger partial charge in [0.25, 0.3) is 0 Å². The van der Waals surface area contributed by atoms with Gasteiger partial charge in [-0.05, 0) is 37.5 Å². The molecule has 0 spiro atoms. The Kier molecular flexibility index (Phi) is 5.04. The summed E-state index contributed by atoms with van der Waals surface area (Å²) >= 11 is 0. The fourth-order valence-electron chi connectivity index (χ4n) is 3.17. The maximum Gasteiger partial charge on any atom is 0.243 e. The van der Waals surface area contributed by atoms with E-state index in [1.807, 2.05) is 56.3 Å². The lowest BCUT2D eigenvalue weighted by Crippen LogP contribution is -2.49. The Hall–Kier alpha value is -1.69. The number of benzene rings is 2. The molecule has 1 saturated heterocycles. The van der Waals surface area contributed by atoms with Crippen LogP contribution in [0.3, 0.4) is 0 Å². The van der Waals surface area contributed by atoms with E-state index >= 15 is 0 Å². The molecule has 1 heterocycles. The minimum absolute atomic E-state index is 0.119. The van der Waals surface area contributed by atoms with Gasteiger partial charge in [0, 0.05) is 13.1 Å². The minimum atomic E-state index is -3.50. The third kappa shape index (κ3) is 3.69. The van der Waals surface area contributed by atoms with E-state index in [1.54, 1.807) is 16.4 Å². The van der Waals surface area contributed by atoms with E-state index in [2.05, 4.69) is 0 Å². The van der Waals surface area contributed by atoms with Crippen molar-refractivity contribution in [3.63, 3.8) is 0 Å². The molecule has 0 aromatic heterocycles. The molecule has 0 aliphatic carbocycles. The Morgan fingerprint density at radius 1 is 1.04 bits per heavy atom. The Morgan fingerprint density at radius 3 is 2.42 bits per heavy atom. The highest BCUT2D eigenvalue weighted by atomic mass is 32.2. The number of nitrogens with zero attached hydrogens (tertiary/aromatic N) is 1. The molecular formula is C19H23NO3S. The highest BCUT2D eigenvalue weighted by Crippen LogP contribution is 2.24. The van der Waals surface area contributed by atoms with E-state index in [9.17, 15) is 8.42 Å². The number of hydrogen-bond acceptors (Lipinski definition) is 3. The van der Waals surface area contributed by atoms with Gasteiger partial charge in [-0.1, -0.05) is 48.5 Å². The Bertz CT molecular complexity index is 789. The van der Waals surface area contributed by atoms with Gasteiger partial charge in [0.2, 0.25) is 10.0 Å². The molecule has 128 valence electrons. The van der Waals surface area contributed by atoms with Crippen LogP contribution in [-0.2, 0) is 21.2 Å². The quantitative estimate of drug-likeness (QED) is 0.856. The van der Waals surface area contributed by atoms with Crippen LogP contribution in [-0.4, -0.2) is 38.0 Å². The van der Waals surface area contributed by atoms with Gasteiger partial charge >= 0.3 is 0 Å². The first-order valence-corrected chi connectivity index (χ1v) is 9.66. The summed E-state index contributed by atoms with van der Waals surface area (Å²) in [5, 5.41) is 0. The normalized spacial score (nSPS) is 22.4. The molecule has 4 nitrogen and oxygen atoms in total. The molecule has 0 saturated carbocycles. The van der Waals surface area contributed by atoms with Gasteiger partial charge in [-0.2, -0.15) is 4.31 Å². The Labute approximate surface area is 144 Å². The maximum absolute atomic E-state index is 13.0. The third-order valence-electron chi connectivity index (χ3n) is 4.31. The molecule has 2 unspecified atom stereocenters. The van der Waals surface area contributed by atoms with Gasteiger partial charge in [-0.15, -0.1) is 0 Å². The van der Waals surface area contributed by atoms with Gasteiger partial charge in [-0.3, -0.25) is 0 Å². The molecular weight excluding hydrogens is 322 g/mol. The highest BCUT2D eigenvalue weighted by Gasteiger charge is 2.34. The summed E-state index contributed by atoms with van der Waals surface area (Å²) < 4.78 is 33.6. The van der Waals surface area contributed by atoms with E-state index in [0.717, 1.165) is 11.1 Å². The van der Waals surface area contributed by atoms with Crippen molar-refractivity contribution < 1.29 is 13.2 Å². The number of ether oxygens (including phenoxy) is 1. The van der Waals surface area contributed by atoms with Crippen LogP contribution in [0.2, 0.25) is 0 Å². The van der Waals surface area contributed by atoms with E-state index in [4.69, 9.17) is 4.74 Å². The molecule has 0 N–H and O–H groups in total. The number of aryl methyl sites for hydroxylation is 1. The smallest absolute Gasteiger partial charge is 0.243 e. The summed E-state index contributed by atoms with van der Waals surface area (Å²) in [6.45, 7) is 4.54. The van der Waals surface area contributed by atoms with Crippen LogP contribution >= 0.6 is 0 Å². The standard InChI is InChI=1S/C19H23NO3S/c1-15-8-6-7-11-19(15)24(21,22)20-13-16(2)23-18(14-20)12-17-9-4-3-5-10-17/h3-11,16,18H,12-14H2,1-2H3. The molecule has 2 aromatic rings. The summed E-state index contributed by atoms with van der Waals surface area (Å²) in [4.78, 5) is 0.387. The minimum Gasteiger partial charge on any atom is -0.372 e. The number of rotatable bonds is 4. The lowest BCUT2D eigenvalue weighted by atomic mass is 10.1. The van der Waals surface area contributed by atoms with Crippen molar-refractivity contribution in [3.05, 3.63) is 65.7 Å². The highest BCUT2D eigenvalue weighted by molar-refractivity contribution is 7.89. The molecule has 1 fully saturated rings. The molecule has 0 radical (unpaired) electrons. The number of morpholine rings is 1. The Balaban J connectivity index is 1.82. The zero-order valence-corrected chi connectivity index (χ0v) is 14.9. The van der Waals surface area contributed by atoms with Crippen LogP contribution in [0.4, 0.5) is 0 Å². The lowest BCUT2D eigenvalue weighted by Gasteiger charge is -2.36. The van der Waals surface area contributed by atoms with Crippen molar-refractivity contribution in [1.82, 2.24) is 4.31 Å². The topological polar surface area (TPSA) is 46.6 Å². The predicted octanol–water partition coefficient (Wildman–Crippen LogP) is 3.02. The van der Waals surface area contributed by atoms with Gasteiger partial charge in [0.15, 0.2) is 0 Å². The predicted molar refractivity (Wildman–Crippen MR) is 94.4 cm³/mol. The van der Waals surface area contributed by atoms with Crippen LogP contribution in [0.5, 0.6) is 0 Å². The first kappa shape index (κ1) is 17.1. The molecule has 2 atom stereocenters. The van der Waals surface area contributed by atoms with Gasteiger partial charge < -0.3 is 4.74 Å². The molecule has 1 aliphatic rings. The number of hydrogen-bond donors (Lipinski definition) is 0. The average Bonchev–Trinajstić information content (AvgIpc) is 2.55. The lowest BCUT2D eigenvalue weighted by molar-refractivity contribution is -0.0529. The number of sulfonamides is 1. The van der Waals surface area contributed by atoms with Gasteiger partial charge in [-0.25, -0.2) is 8.42 Å². The van der Waals surface area contributed by atoms with Crippen molar-refractivity contribution in [2.45, 2.75) is 37.4 Å². The van der Waals surface area contributed by atoms with Crippen LogP contribution < -0.4 is 0 Å². The van der Waals surface area contributed by atoms with E-state index in [0.29, 0.717) is 24.4 Å². The van der Waals surface area contributed by atoms with Crippen molar-refractivity contribution in [3.8, 4) is 0 Å². The summed E-state index contributed by atoms with van der Waals surface area (Å²) in [7, 11) is -3.50. The second-order valence-electron chi connectivity index (χ2n) is 6.35. The summed E-state index contributed by atoms with van der Waals surface area (Å²) in [5.74, 6) is 0. The second kappa shape index (κ2) is 7.05. The van der Waals surface area contributed by atoms with Crippen LogP contribution in [0.1, 0.15) is 18.1 Å². The van der Waals surface area contributed by atoms with E-state index < -0.39 is 10.0 Å². The molecule has 5 heteroatoms. The van der Waals surface area contributed by atoms with Crippen LogP contribution in [0, 0.1) is 6.92 Å². The maximum atomic E-state index is 13.0. The van der Waals surface area contributed by atoms with Gasteiger partial charge in [0.1, 0.15) is 0 Å². The van der Waals surface area contributed by atoms with Crippen molar-refractivity contribution in [1.29, 1.82) is 0 Å². The molecule has 2 aromatic carbocycles. The molecule has 1 aliphatic heterocycles. The fourth-order valence-corrected chi connectivity index (χ4v) is 4.95. The summed E-state index contributed by atoms with van der Waals surface area (Å²) in [6, 6.07) is 17.2. The monoisotopic (exact) mass is 345 g/mol. The fraction of sp³-hybridized carbons (Fsp3) is 0.368. The van der Waals surface area contributed by atoms with Crippen molar-refractivity contribution >= 4 is 10.0 Å². The van der Waals surface area contributed by atoms with Gasteiger partial charge in [0.05, 0.1) is 17.1 Å².